The van der Waals surface area contributed by atoms with Crippen LogP contribution in [0.25, 0.3) is 0 Å². The van der Waals surface area contributed by atoms with E-state index in [2.05, 4.69) is 5.32 Å². The number of imide groups is 1. The zero-order chi connectivity index (χ0) is 14.2. The molecule has 5 heteroatoms. The second-order valence-electron chi connectivity index (χ2n) is 5.13. The van der Waals surface area contributed by atoms with Crippen molar-refractivity contribution in [1.82, 2.24) is 10.2 Å². The summed E-state index contributed by atoms with van der Waals surface area (Å²) in [4.78, 5) is 36.6. The Morgan fingerprint density at radius 1 is 1.21 bits per heavy atom. The number of hydrogen-bond donors (Lipinski definition) is 1. The quantitative estimate of drug-likeness (QED) is 0.647. The van der Waals surface area contributed by atoms with Crippen molar-refractivity contribution in [3.05, 3.63) is 34.9 Å². The number of nitrogens with zero attached hydrogens (tertiary/aromatic N) is 1. The second kappa shape index (κ2) is 4.59. The van der Waals surface area contributed by atoms with Gasteiger partial charge < -0.3 is 10.1 Å². The number of carbonyl (C=O) groups is 3. The maximum absolute atomic E-state index is 12.3. The van der Waals surface area contributed by atoms with Crippen molar-refractivity contribution >= 4 is 18.1 Å². The number of aldehydes is 1. The lowest BCUT2D eigenvalue weighted by Crippen LogP contribution is -2.48. The van der Waals surface area contributed by atoms with E-state index in [1.165, 1.54) is 0 Å². The molecular weight excluding hydrogens is 244 g/mol. The molecule has 1 N–H and O–H groups in total. The molecule has 2 rings (SSSR count). The fourth-order valence-electron chi connectivity index (χ4n) is 2.18. The molecule has 1 aromatic carbocycles. The van der Waals surface area contributed by atoms with Crippen LogP contribution < -0.4 is 5.32 Å². The molecule has 0 saturated heterocycles. The Balaban J connectivity index is 2.47. The summed E-state index contributed by atoms with van der Waals surface area (Å²) in [5.41, 5.74) is 0.525. The number of benzene rings is 1. The molecule has 0 unspecified atom stereocenters. The number of hydrogen-bond acceptors (Lipinski definition) is 4. The maximum Gasteiger partial charge on any atom is 0.262 e. The van der Waals surface area contributed by atoms with E-state index in [1.807, 2.05) is 7.05 Å². The summed E-state index contributed by atoms with van der Waals surface area (Å²) in [6, 6.07) is 5.15. The molecule has 0 radical (unpaired) electrons. The standard InChI is InChI=1S/C14H16N2O3/c1-14(2,8-17)16-12(18)10-5-4-9(7-15-3)6-11(10)13(16)19/h4-6,8,15H,7H2,1-3H3. The van der Waals surface area contributed by atoms with Crippen LogP contribution in [0.1, 0.15) is 40.1 Å². The molecule has 0 aliphatic carbocycles. The van der Waals surface area contributed by atoms with Crippen molar-refractivity contribution in [3.8, 4) is 0 Å². The van der Waals surface area contributed by atoms with E-state index in [4.69, 9.17) is 0 Å². The summed E-state index contributed by atoms with van der Waals surface area (Å²) in [5, 5.41) is 2.99. The Kier molecular flexibility index (Phi) is 3.24. The lowest BCUT2D eigenvalue weighted by molar-refractivity contribution is -0.114. The SMILES string of the molecule is CNCc1ccc2c(c1)C(=O)N(C(C)(C)C=O)C2=O. The largest absolute Gasteiger partial charge is 0.316 e. The van der Waals surface area contributed by atoms with Crippen LogP contribution in [-0.2, 0) is 11.3 Å². The molecular formula is C14H16N2O3. The van der Waals surface area contributed by atoms with Gasteiger partial charge in [0.15, 0.2) is 0 Å². The van der Waals surface area contributed by atoms with Gasteiger partial charge in [0.25, 0.3) is 11.8 Å². The third-order valence-electron chi connectivity index (χ3n) is 3.20. The minimum Gasteiger partial charge on any atom is -0.316 e. The third-order valence-corrected chi connectivity index (χ3v) is 3.20. The van der Waals surface area contributed by atoms with Gasteiger partial charge in [0, 0.05) is 6.54 Å². The van der Waals surface area contributed by atoms with Crippen molar-refractivity contribution in [2.75, 3.05) is 7.05 Å². The molecule has 0 fully saturated rings. The molecule has 0 bridgehead atoms. The van der Waals surface area contributed by atoms with E-state index in [0.717, 1.165) is 10.5 Å². The molecule has 1 aliphatic heterocycles. The number of amides is 2. The minimum atomic E-state index is -1.13. The molecule has 0 atom stereocenters. The molecule has 1 aromatic rings. The molecule has 5 nitrogen and oxygen atoms in total. The van der Waals surface area contributed by atoms with Gasteiger partial charge in [-0.1, -0.05) is 6.07 Å². The van der Waals surface area contributed by atoms with E-state index < -0.39 is 17.4 Å². The van der Waals surface area contributed by atoms with Gasteiger partial charge in [0.05, 0.1) is 11.1 Å². The second-order valence-corrected chi connectivity index (χ2v) is 5.13. The van der Waals surface area contributed by atoms with Crippen LogP contribution in [0.5, 0.6) is 0 Å². The predicted octanol–water partition coefficient (Wildman–Crippen LogP) is 0.980. The smallest absolute Gasteiger partial charge is 0.262 e. The summed E-state index contributed by atoms with van der Waals surface area (Å²) in [5.74, 6) is -0.817. The fraction of sp³-hybridized carbons (Fsp3) is 0.357. The summed E-state index contributed by atoms with van der Waals surface area (Å²) in [6.45, 7) is 3.72. The third kappa shape index (κ3) is 2.06. The van der Waals surface area contributed by atoms with Crippen molar-refractivity contribution in [1.29, 1.82) is 0 Å². The Labute approximate surface area is 111 Å². The van der Waals surface area contributed by atoms with Gasteiger partial charge >= 0.3 is 0 Å². The number of nitrogens with one attached hydrogen (secondary N) is 1. The van der Waals surface area contributed by atoms with Crippen molar-refractivity contribution in [3.63, 3.8) is 0 Å². The zero-order valence-corrected chi connectivity index (χ0v) is 11.2. The molecule has 2 amide bonds. The highest BCUT2D eigenvalue weighted by atomic mass is 16.2. The molecule has 0 aromatic heterocycles. The molecule has 1 heterocycles. The topological polar surface area (TPSA) is 66.5 Å². The van der Waals surface area contributed by atoms with E-state index in [0.29, 0.717) is 24.0 Å². The lowest BCUT2D eigenvalue weighted by atomic mass is 10.1. The zero-order valence-electron chi connectivity index (χ0n) is 11.2. The summed E-state index contributed by atoms with van der Waals surface area (Å²) < 4.78 is 0. The van der Waals surface area contributed by atoms with Crippen molar-refractivity contribution < 1.29 is 14.4 Å². The number of rotatable bonds is 4. The fourth-order valence-corrected chi connectivity index (χ4v) is 2.18. The van der Waals surface area contributed by atoms with Gasteiger partial charge in [0.1, 0.15) is 11.8 Å². The van der Waals surface area contributed by atoms with Crippen LogP contribution in [0.3, 0.4) is 0 Å². The van der Waals surface area contributed by atoms with Crippen LogP contribution in [0.2, 0.25) is 0 Å². The summed E-state index contributed by atoms with van der Waals surface area (Å²) in [6.07, 6.45) is 0.614. The first-order valence-corrected chi connectivity index (χ1v) is 6.05. The Morgan fingerprint density at radius 2 is 1.84 bits per heavy atom. The van der Waals surface area contributed by atoms with Gasteiger partial charge in [-0.15, -0.1) is 0 Å². The highest BCUT2D eigenvalue weighted by molar-refractivity contribution is 6.22. The van der Waals surface area contributed by atoms with Crippen molar-refractivity contribution in [2.45, 2.75) is 25.9 Å². The predicted molar refractivity (Wildman–Crippen MR) is 69.8 cm³/mol. The van der Waals surface area contributed by atoms with E-state index in [1.54, 1.807) is 32.0 Å². The molecule has 19 heavy (non-hydrogen) atoms. The maximum atomic E-state index is 12.3. The van der Waals surface area contributed by atoms with E-state index in [9.17, 15) is 14.4 Å². The first-order chi connectivity index (χ1) is 8.92. The monoisotopic (exact) mass is 260 g/mol. The lowest BCUT2D eigenvalue weighted by Gasteiger charge is -2.27. The highest BCUT2D eigenvalue weighted by Gasteiger charge is 2.44. The summed E-state index contributed by atoms with van der Waals surface area (Å²) in [7, 11) is 1.81. The van der Waals surface area contributed by atoms with Gasteiger partial charge in [-0.3, -0.25) is 14.5 Å². The van der Waals surface area contributed by atoms with E-state index >= 15 is 0 Å². The Bertz CT molecular complexity index is 564. The molecule has 0 saturated carbocycles. The number of carbonyl (C=O) groups excluding carboxylic acids is 3. The van der Waals surface area contributed by atoms with E-state index in [-0.39, 0.29) is 0 Å². The highest BCUT2D eigenvalue weighted by Crippen LogP contribution is 2.29. The van der Waals surface area contributed by atoms with Gasteiger partial charge in [-0.05, 0) is 38.6 Å². The van der Waals surface area contributed by atoms with Gasteiger partial charge in [-0.25, -0.2) is 0 Å². The van der Waals surface area contributed by atoms with Gasteiger partial charge in [-0.2, -0.15) is 0 Å². The van der Waals surface area contributed by atoms with Gasteiger partial charge in [0.2, 0.25) is 0 Å². The Morgan fingerprint density at radius 3 is 2.42 bits per heavy atom. The first kappa shape index (κ1) is 13.4. The Hall–Kier alpha value is -2.01. The van der Waals surface area contributed by atoms with Crippen LogP contribution in [0.15, 0.2) is 18.2 Å². The molecule has 100 valence electrons. The van der Waals surface area contributed by atoms with Crippen molar-refractivity contribution in [2.24, 2.45) is 0 Å². The normalized spacial score (nSPS) is 14.8. The van der Waals surface area contributed by atoms with Crippen LogP contribution >= 0.6 is 0 Å². The minimum absolute atomic E-state index is 0.361. The van der Waals surface area contributed by atoms with Crippen LogP contribution in [0, 0.1) is 0 Å². The average Bonchev–Trinajstić information content (AvgIpc) is 2.62. The van der Waals surface area contributed by atoms with Crippen LogP contribution in [0.4, 0.5) is 0 Å². The first-order valence-electron chi connectivity index (χ1n) is 6.05. The van der Waals surface area contributed by atoms with Crippen LogP contribution in [-0.4, -0.2) is 35.6 Å². The average molecular weight is 260 g/mol. The molecule has 1 aliphatic rings. The molecule has 0 spiro atoms. The summed E-state index contributed by atoms with van der Waals surface area (Å²) >= 11 is 0. The number of fused-ring (bicyclic) bond motifs is 1.